The van der Waals surface area contributed by atoms with E-state index in [0.29, 0.717) is 0 Å². The van der Waals surface area contributed by atoms with Crippen LogP contribution >= 0.6 is 0 Å². The van der Waals surface area contributed by atoms with Crippen LogP contribution in [0.3, 0.4) is 0 Å². The van der Waals surface area contributed by atoms with Crippen LogP contribution in [0.25, 0.3) is 0 Å². The summed E-state index contributed by atoms with van der Waals surface area (Å²) >= 11 is 0. The van der Waals surface area contributed by atoms with E-state index >= 15 is 0 Å². The maximum atomic E-state index is 5.53. The molecule has 1 aliphatic rings. The molecule has 0 aromatic carbocycles. The Labute approximate surface area is 87.8 Å². The van der Waals surface area contributed by atoms with Crippen molar-refractivity contribution in [3.8, 4) is 0 Å². The number of likely N-dealkylation sites (N-methyl/N-ethyl adjacent to an activating group) is 1. The van der Waals surface area contributed by atoms with Gasteiger partial charge < -0.3 is 15.0 Å². The number of rotatable bonds is 9. The Bertz CT molecular complexity index is 127. The van der Waals surface area contributed by atoms with Crippen LogP contribution in [0.2, 0.25) is 0 Å². The topological polar surface area (TPSA) is 24.5 Å². The lowest BCUT2D eigenvalue weighted by Crippen LogP contribution is -2.27. The average molecular weight is 200 g/mol. The SMILES string of the molecule is CN(C)CCNCCCOCC1CC1. The molecule has 0 aromatic heterocycles. The smallest absolute Gasteiger partial charge is 0.0494 e. The molecule has 0 amide bonds. The molecule has 0 spiro atoms. The Morgan fingerprint density at radius 2 is 2.07 bits per heavy atom. The Kier molecular flexibility index (Phi) is 6.15. The van der Waals surface area contributed by atoms with Gasteiger partial charge in [-0.05, 0) is 45.8 Å². The minimum Gasteiger partial charge on any atom is -0.381 e. The van der Waals surface area contributed by atoms with E-state index < -0.39 is 0 Å². The van der Waals surface area contributed by atoms with Gasteiger partial charge in [-0.2, -0.15) is 0 Å². The van der Waals surface area contributed by atoms with Crippen LogP contribution in [0, 0.1) is 5.92 Å². The highest BCUT2D eigenvalue weighted by atomic mass is 16.5. The molecule has 0 heterocycles. The van der Waals surface area contributed by atoms with Gasteiger partial charge in [0.25, 0.3) is 0 Å². The minimum atomic E-state index is 0.900. The van der Waals surface area contributed by atoms with Gasteiger partial charge in [0, 0.05) is 26.3 Å². The number of nitrogens with one attached hydrogen (secondary N) is 1. The molecule has 1 rings (SSSR count). The second-order valence-electron chi connectivity index (χ2n) is 4.43. The number of hydrogen-bond donors (Lipinski definition) is 1. The third-order valence-electron chi connectivity index (χ3n) is 2.43. The Morgan fingerprint density at radius 3 is 2.71 bits per heavy atom. The summed E-state index contributed by atoms with van der Waals surface area (Å²) in [4.78, 5) is 2.19. The summed E-state index contributed by atoms with van der Waals surface area (Å²) < 4.78 is 5.53. The highest BCUT2D eigenvalue weighted by molar-refractivity contribution is 4.71. The van der Waals surface area contributed by atoms with Crippen LogP contribution in [0.5, 0.6) is 0 Å². The zero-order valence-corrected chi connectivity index (χ0v) is 9.59. The molecular formula is C11H24N2O. The van der Waals surface area contributed by atoms with Gasteiger partial charge >= 0.3 is 0 Å². The first kappa shape index (κ1) is 12.0. The van der Waals surface area contributed by atoms with Crippen LogP contribution < -0.4 is 5.32 Å². The summed E-state index contributed by atoms with van der Waals surface area (Å²) in [5.41, 5.74) is 0. The summed E-state index contributed by atoms with van der Waals surface area (Å²) in [6.45, 7) is 5.19. The third kappa shape index (κ3) is 7.30. The van der Waals surface area contributed by atoms with E-state index in [-0.39, 0.29) is 0 Å². The average Bonchev–Trinajstić information content (AvgIpc) is 2.92. The fraction of sp³-hybridized carbons (Fsp3) is 1.00. The Hall–Kier alpha value is -0.120. The van der Waals surface area contributed by atoms with E-state index in [1.165, 1.54) is 12.8 Å². The van der Waals surface area contributed by atoms with Gasteiger partial charge in [-0.25, -0.2) is 0 Å². The minimum absolute atomic E-state index is 0.900. The standard InChI is InChI=1S/C11H24N2O/c1-13(2)8-7-12-6-3-9-14-10-11-4-5-11/h11-12H,3-10H2,1-2H3. The van der Waals surface area contributed by atoms with E-state index in [4.69, 9.17) is 4.74 Å². The summed E-state index contributed by atoms with van der Waals surface area (Å²) in [5, 5.41) is 3.40. The van der Waals surface area contributed by atoms with Crippen molar-refractivity contribution in [3.05, 3.63) is 0 Å². The predicted molar refractivity (Wildman–Crippen MR) is 59.6 cm³/mol. The highest BCUT2D eigenvalue weighted by Gasteiger charge is 2.20. The molecule has 84 valence electrons. The van der Waals surface area contributed by atoms with Crippen molar-refractivity contribution in [2.75, 3.05) is 46.9 Å². The van der Waals surface area contributed by atoms with Crippen LogP contribution in [-0.2, 0) is 4.74 Å². The van der Waals surface area contributed by atoms with Gasteiger partial charge in [0.2, 0.25) is 0 Å². The van der Waals surface area contributed by atoms with Crippen LogP contribution in [-0.4, -0.2) is 51.8 Å². The lowest BCUT2D eigenvalue weighted by atomic mass is 10.4. The number of hydrogen-bond acceptors (Lipinski definition) is 3. The molecule has 1 aliphatic carbocycles. The van der Waals surface area contributed by atoms with Gasteiger partial charge in [-0.15, -0.1) is 0 Å². The Balaban J connectivity index is 1.66. The summed E-state index contributed by atoms with van der Waals surface area (Å²) in [6, 6.07) is 0. The third-order valence-corrected chi connectivity index (χ3v) is 2.43. The fourth-order valence-corrected chi connectivity index (χ4v) is 1.26. The first-order chi connectivity index (χ1) is 6.79. The molecule has 0 atom stereocenters. The maximum absolute atomic E-state index is 5.53. The summed E-state index contributed by atoms with van der Waals surface area (Å²) in [7, 11) is 4.20. The molecule has 1 N–H and O–H groups in total. The van der Waals surface area contributed by atoms with E-state index in [1.54, 1.807) is 0 Å². The molecular weight excluding hydrogens is 176 g/mol. The van der Waals surface area contributed by atoms with E-state index in [9.17, 15) is 0 Å². The van der Waals surface area contributed by atoms with Crippen molar-refractivity contribution in [2.45, 2.75) is 19.3 Å². The van der Waals surface area contributed by atoms with Crippen molar-refractivity contribution in [3.63, 3.8) is 0 Å². The van der Waals surface area contributed by atoms with Gasteiger partial charge in [-0.3, -0.25) is 0 Å². The van der Waals surface area contributed by atoms with Crippen molar-refractivity contribution >= 4 is 0 Å². The molecule has 1 fully saturated rings. The predicted octanol–water partition coefficient (Wildman–Crippen LogP) is 0.954. The van der Waals surface area contributed by atoms with Crippen molar-refractivity contribution in [1.82, 2.24) is 10.2 Å². The molecule has 0 aromatic rings. The molecule has 3 heteroatoms. The largest absolute Gasteiger partial charge is 0.381 e. The van der Waals surface area contributed by atoms with Crippen LogP contribution in [0.4, 0.5) is 0 Å². The zero-order chi connectivity index (χ0) is 10.2. The van der Waals surface area contributed by atoms with Crippen LogP contribution in [0.15, 0.2) is 0 Å². The van der Waals surface area contributed by atoms with Crippen molar-refractivity contribution in [2.24, 2.45) is 5.92 Å². The molecule has 14 heavy (non-hydrogen) atoms. The van der Waals surface area contributed by atoms with Crippen LogP contribution in [0.1, 0.15) is 19.3 Å². The summed E-state index contributed by atoms with van der Waals surface area (Å²) in [6.07, 6.45) is 3.92. The molecule has 3 nitrogen and oxygen atoms in total. The lowest BCUT2D eigenvalue weighted by Gasteiger charge is -2.10. The molecule has 1 saturated carbocycles. The second-order valence-corrected chi connectivity index (χ2v) is 4.43. The summed E-state index contributed by atoms with van der Waals surface area (Å²) in [5.74, 6) is 0.900. The van der Waals surface area contributed by atoms with Gasteiger partial charge in [-0.1, -0.05) is 0 Å². The van der Waals surface area contributed by atoms with E-state index in [2.05, 4.69) is 24.3 Å². The first-order valence-electron chi connectivity index (χ1n) is 5.72. The van der Waals surface area contributed by atoms with Crippen molar-refractivity contribution in [1.29, 1.82) is 0 Å². The molecule has 0 aliphatic heterocycles. The number of nitrogens with zero attached hydrogens (tertiary/aromatic N) is 1. The molecule has 0 saturated heterocycles. The highest BCUT2D eigenvalue weighted by Crippen LogP contribution is 2.28. The lowest BCUT2D eigenvalue weighted by molar-refractivity contribution is 0.122. The van der Waals surface area contributed by atoms with Crippen molar-refractivity contribution < 1.29 is 4.74 Å². The van der Waals surface area contributed by atoms with Gasteiger partial charge in [0.1, 0.15) is 0 Å². The fourth-order valence-electron chi connectivity index (χ4n) is 1.26. The number of ether oxygens (including phenoxy) is 1. The van der Waals surface area contributed by atoms with Gasteiger partial charge in [0.05, 0.1) is 0 Å². The zero-order valence-electron chi connectivity index (χ0n) is 9.59. The van der Waals surface area contributed by atoms with E-state index in [1.807, 2.05) is 0 Å². The molecule has 0 radical (unpaired) electrons. The van der Waals surface area contributed by atoms with Gasteiger partial charge in [0.15, 0.2) is 0 Å². The normalized spacial score (nSPS) is 16.5. The molecule has 0 bridgehead atoms. The van der Waals surface area contributed by atoms with E-state index in [0.717, 1.165) is 45.2 Å². The second kappa shape index (κ2) is 7.21. The first-order valence-corrected chi connectivity index (χ1v) is 5.72. The Morgan fingerprint density at radius 1 is 1.29 bits per heavy atom. The monoisotopic (exact) mass is 200 g/mol. The quantitative estimate of drug-likeness (QED) is 0.561. The molecule has 0 unspecified atom stereocenters. The maximum Gasteiger partial charge on any atom is 0.0494 e.